The SMILES string of the molecule is NC1=Nc2[nH]ncc2C(N)N1C1Cc2ccccc2N(S(=O)(=O)c2c(F)cccc2F)C1. The van der Waals surface area contributed by atoms with E-state index < -0.39 is 38.8 Å². The minimum Gasteiger partial charge on any atom is -0.369 e. The number of fused-ring (bicyclic) bond motifs is 2. The molecule has 2 aromatic carbocycles. The van der Waals surface area contributed by atoms with E-state index in [9.17, 15) is 17.2 Å². The van der Waals surface area contributed by atoms with Crippen LogP contribution in [0.2, 0.25) is 0 Å². The van der Waals surface area contributed by atoms with Gasteiger partial charge in [0.1, 0.15) is 17.8 Å². The van der Waals surface area contributed by atoms with E-state index in [0.29, 0.717) is 29.1 Å². The molecule has 3 heterocycles. The van der Waals surface area contributed by atoms with Crippen LogP contribution in [0.4, 0.5) is 20.3 Å². The van der Waals surface area contributed by atoms with Gasteiger partial charge in [0.15, 0.2) is 16.7 Å². The fourth-order valence-corrected chi connectivity index (χ4v) is 5.92. The molecule has 5 rings (SSSR count). The van der Waals surface area contributed by atoms with Gasteiger partial charge >= 0.3 is 0 Å². The lowest BCUT2D eigenvalue weighted by Gasteiger charge is -2.44. The number of benzene rings is 2. The lowest BCUT2D eigenvalue weighted by Crippen LogP contribution is -2.57. The van der Waals surface area contributed by atoms with Crippen LogP contribution in [-0.4, -0.2) is 42.1 Å². The third kappa shape index (κ3) is 3.02. The third-order valence-electron chi connectivity index (χ3n) is 5.71. The smallest absolute Gasteiger partial charge is 0.270 e. The van der Waals surface area contributed by atoms with Crippen molar-refractivity contribution in [2.75, 3.05) is 10.8 Å². The molecule has 12 heteroatoms. The molecule has 2 atom stereocenters. The lowest BCUT2D eigenvalue weighted by molar-refractivity contribution is 0.233. The number of rotatable bonds is 3. The largest absolute Gasteiger partial charge is 0.369 e. The number of sulfonamides is 1. The Labute approximate surface area is 182 Å². The zero-order valence-electron chi connectivity index (χ0n) is 16.6. The first-order valence-corrected chi connectivity index (χ1v) is 11.2. The Morgan fingerprint density at radius 1 is 1.09 bits per heavy atom. The molecule has 0 amide bonds. The number of guanidine groups is 1. The van der Waals surface area contributed by atoms with Gasteiger partial charge in [-0.1, -0.05) is 24.3 Å². The summed E-state index contributed by atoms with van der Waals surface area (Å²) in [6.45, 7) is -0.135. The van der Waals surface area contributed by atoms with E-state index in [0.717, 1.165) is 22.5 Å². The molecule has 0 saturated heterocycles. The number of aromatic amines is 1. The van der Waals surface area contributed by atoms with E-state index in [1.807, 2.05) is 0 Å². The average molecular weight is 459 g/mol. The minimum atomic E-state index is -4.58. The van der Waals surface area contributed by atoms with Gasteiger partial charge in [-0.25, -0.2) is 17.2 Å². The number of para-hydroxylation sites is 1. The number of H-pyrrole nitrogens is 1. The summed E-state index contributed by atoms with van der Waals surface area (Å²) in [6.07, 6.45) is 1.20. The highest BCUT2D eigenvalue weighted by molar-refractivity contribution is 7.92. The topological polar surface area (TPSA) is 134 Å². The predicted molar refractivity (Wildman–Crippen MR) is 113 cm³/mol. The second-order valence-electron chi connectivity index (χ2n) is 7.57. The summed E-state index contributed by atoms with van der Waals surface area (Å²) in [6, 6.07) is 9.18. The van der Waals surface area contributed by atoms with Crippen molar-refractivity contribution in [3.63, 3.8) is 0 Å². The number of hydrogen-bond acceptors (Lipinski definition) is 7. The molecule has 0 radical (unpaired) electrons. The van der Waals surface area contributed by atoms with Gasteiger partial charge in [0.25, 0.3) is 10.0 Å². The highest BCUT2D eigenvalue weighted by Gasteiger charge is 2.41. The van der Waals surface area contributed by atoms with E-state index in [-0.39, 0.29) is 12.5 Å². The number of nitrogens with two attached hydrogens (primary N) is 2. The zero-order chi connectivity index (χ0) is 22.6. The maximum absolute atomic E-state index is 14.5. The van der Waals surface area contributed by atoms with E-state index >= 15 is 0 Å². The van der Waals surface area contributed by atoms with Crippen LogP contribution >= 0.6 is 0 Å². The fraction of sp³-hybridized carbons (Fsp3) is 0.200. The molecule has 1 aromatic heterocycles. The van der Waals surface area contributed by atoms with Crippen molar-refractivity contribution in [3.05, 3.63) is 71.4 Å². The van der Waals surface area contributed by atoms with Crippen molar-refractivity contribution in [3.8, 4) is 0 Å². The van der Waals surface area contributed by atoms with Gasteiger partial charge in [0.05, 0.1) is 30.0 Å². The first kappa shape index (κ1) is 20.4. The number of halogens is 2. The molecule has 0 fully saturated rings. The Kier molecular flexibility index (Phi) is 4.64. The van der Waals surface area contributed by atoms with Gasteiger partial charge < -0.3 is 16.4 Å². The molecule has 2 unspecified atom stereocenters. The Morgan fingerprint density at radius 3 is 2.56 bits per heavy atom. The molecular formula is C20H19F2N7O2S. The molecule has 2 aliphatic rings. The second kappa shape index (κ2) is 7.28. The Balaban J connectivity index is 1.61. The maximum Gasteiger partial charge on any atom is 0.270 e. The fourth-order valence-electron chi connectivity index (χ4n) is 4.26. The molecule has 0 saturated carbocycles. The summed E-state index contributed by atoms with van der Waals surface area (Å²) in [5.41, 5.74) is 14.2. The minimum absolute atomic E-state index is 0.0908. The van der Waals surface area contributed by atoms with E-state index in [4.69, 9.17) is 11.5 Å². The molecule has 2 aliphatic heterocycles. The molecular weight excluding hydrogens is 440 g/mol. The molecule has 0 aliphatic carbocycles. The van der Waals surface area contributed by atoms with Crippen LogP contribution < -0.4 is 15.8 Å². The lowest BCUT2D eigenvalue weighted by atomic mass is 9.97. The summed E-state index contributed by atoms with van der Waals surface area (Å²) >= 11 is 0. The maximum atomic E-state index is 14.5. The van der Waals surface area contributed by atoms with Crippen molar-refractivity contribution >= 4 is 27.5 Å². The normalized spacial score (nSPS) is 20.5. The van der Waals surface area contributed by atoms with E-state index in [1.54, 1.807) is 29.2 Å². The van der Waals surface area contributed by atoms with Crippen molar-refractivity contribution in [1.29, 1.82) is 0 Å². The van der Waals surface area contributed by atoms with Gasteiger partial charge in [-0.3, -0.25) is 9.40 Å². The predicted octanol–water partition coefficient (Wildman–Crippen LogP) is 1.73. The number of hydrogen-bond donors (Lipinski definition) is 3. The highest BCUT2D eigenvalue weighted by atomic mass is 32.2. The second-order valence-corrected chi connectivity index (χ2v) is 9.37. The third-order valence-corrected chi connectivity index (χ3v) is 7.54. The van der Waals surface area contributed by atoms with Crippen LogP contribution in [0.3, 0.4) is 0 Å². The van der Waals surface area contributed by atoms with E-state index in [1.165, 1.54) is 6.20 Å². The van der Waals surface area contributed by atoms with Crippen molar-refractivity contribution < 1.29 is 17.2 Å². The van der Waals surface area contributed by atoms with Gasteiger partial charge in [-0.05, 0) is 30.2 Å². The Hall–Kier alpha value is -3.51. The van der Waals surface area contributed by atoms with Gasteiger partial charge in [-0.2, -0.15) is 10.1 Å². The van der Waals surface area contributed by atoms with Gasteiger partial charge in [-0.15, -0.1) is 0 Å². The summed E-state index contributed by atoms with van der Waals surface area (Å²) in [4.78, 5) is 4.88. The molecule has 9 nitrogen and oxygen atoms in total. The van der Waals surface area contributed by atoms with Crippen LogP contribution in [0.1, 0.15) is 17.3 Å². The average Bonchev–Trinajstić information content (AvgIpc) is 3.21. The first-order valence-electron chi connectivity index (χ1n) is 9.75. The van der Waals surface area contributed by atoms with Crippen LogP contribution in [-0.2, 0) is 16.4 Å². The monoisotopic (exact) mass is 459 g/mol. The zero-order valence-corrected chi connectivity index (χ0v) is 17.4. The summed E-state index contributed by atoms with van der Waals surface area (Å²) in [7, 11) is -4.58. The van der Waals surface area contributed by atoms with E-state index in [2.05, 4.69) is 15.2 Å². The quantitative estimate of drug-likeness (QED) is 0.546. The van der Waals surface area contributed by atoms with Crippen LogP contribution in [0.15, 0.2) is 58.5 Å². The summed E-state index contributed by atoms with van der Waals surface area (Å²) in [5.74, 6) is -1.81. The summed E-state index contributed by atoms with van der Waals surface area (Å²) < 4.78 is 56.8. The number of nitrogens with zero attached hydrogens (tertiary/aromatic N) is 4. The Bertz CT molecular complexity index is 1320. The number of anilines is 1. The number of aliphatic imine (C=N–C) groups is 1. The van der Waals surface area contributed by atoms with Crippen LogP contribution in [0, 0.1) is 11.6 Å². The van der Waals surface area contributed by atoms with Crippen molar-refractivity contribution in [2.45, 2.75) is 23.5 Å². The van der Waals surface area contributed by atoms with Gasteiger partial charge in [0.2, 0.25) is 0 Å². The molecule has 0 bridgehead atoms. The number of nitrogens with one attached hydrogen (secondary N) is 1. The standard InChI is InChI=1S/C20H19F2N7O2S/c21-14-5-3-6-15(22)17(14)32(30,31)28-10-12(8-11-4-1-2-7-16(11)28)29-18(23)13-9-25-27-19(13)26-20(29)24/h1-7,9,12,18H,8,10,23H2,(H3,24,25,26,27). The highest BCUT2D eigenvalue weighted by Crippen LogP contribution is 2.38. The molecule has 166 valence electrons. The molecule has 3 aromatic rings. The van der Waals surface area contributed by atoms with Gasteiger partial charge in [0, 0.05) is 0 Å². The van der Waals surface area contributed by atoms with Crippen molar-refractivity contribution in [2.24, 2.45) is 16.5 Å². The molecule has 32 heavy (non-hydrogen) atoms. The van der Waals surface area contributed by atoms with Crippen LogP contribution in [0.25, 0.3) is 0 Å². The molecule has 0 spiro atoms. The number of aromatic nitrogens is 2. The summed E-state index contributed by atoms with van der Waals surface area (Å²) in [5, 5.41) is 6.64. The Morgan fingerprint density at radius 2 is 1.81 bits per heavy atom. The van der Waals surface area contributed by atoms with Crippen LogP contribution in [0.5, 0.6) is 0 Å². The first-order chi connectivity index (χ1) is 15.3. The van der Waals surface area contributed by atoms with Crippen molar-refractivity contribution in [1.82, 2.24) is 15.1 Å². The molecule has 5 N–H and O–H groups in total.